The minimum absolute atomic E-state index is 0.0290. The molecule has 0 saturated heterocycles. The summed E-state index contributed by atoms with van der Waals surface area (Å²) in [5.74, 6) is -0.482. The molecule has 0 spiro atoms. The fraction of sp³-hybridized carbons (Fsp3) is 0.238. The summed E-state index contributed by atoms with van der Waals surface area (Å²) in [4.78, 5) is 12.6. The van der Waals surface area contributed by atoms with Gasteiger partial charge in [0.25, 0.3) is 5.91 Å². The van der Waals surface area contributed by atoms with Crippen LogP contribution in [0.5, 0.6) is 0 Å². The first-order chi connectivity index (χ1) is 14.4. The van der Waals surface area contributed by atoms with Crippen molar-refractivity contribution in [2.45, 2.75) is 31.0 Å². The topological polar surface area (TPSA) is 81.1 Å². The van der Waals surface area contributed by atoms with Gasteiger partial charge in [-0.05, 0) is 50.2 Å². The monoisotopic (exact) mass is 451 g/mol. The maximum atomic E-state index is 13.0. The molecule has 10 heteroatoms. The molecule has 1 heterocycles. The Morgan fingerprint density at radius 3 is 2.45 bits per heavy atom. The van der Waals surface area contributed by atoms with Crippen LogP contribution in [0.25, 0.3) is 5.69 Å². The largest absolute Gasteiger partial charge is 0.416 e. The third-order valence-electron chi connectivity index (χ3n) is 4.80. The number of amides is 1. The number of hydrogen-bond acceptors (Lipinski definition) is 4. The minimum Gasteiger partial charge on any atom is -0.345 e. The summed E-state index contributed by atoms with van der Waals surface area (Å²) in [5.41, 5.74) is 0.825. The van der Waals surface area contributed by atoms with Gasteiger partial charge in [-0.25, -0.2) is 13.1 Å². The molecule has 164 valence electrons. The van der Waals surface area contributed by atoms with Crippen molar-refractivity contribution < 1.29 is 26.4 Å². The summed E-state index contributed by atoms with van der Waals surface area (Å²) < 4.78 is 63.8. The highest BCUT2D eigenvalue weighted by Crippen LogP contribution is 2.31. The van der Waals surface area contributed by atoms with E-state index in [1.807, 2.05) is 0 Å². The number of carbonyl (C=O) groups is 1. The number of benzene rings is 2. The summed E-state index contributed by atoms with van der Waals surface area (Å²) in [6.07, 6.45) is -1.94. The van der Waals surface area contributed by atoms with Crippen LogP contribution >= 0.6 is 0 Å². The van der Waals surface area contributed by atoms with Gasteiger partial charge >= 0.3 is 6.18 Å². The molecule has 0 aliphatic rings. The van der Waals surface area contributed by atoms with Crippen molar-refractivity contribution in [2.75, 3.05) is 6.26 Å². The fourth-order valence-corrected chi connectivity index (χ4v) is 3.81. The predicted octanol–water partition coefficient (Wildman–Crippen LogP) is 4.09. The van der Waals surface area contributed by atoms with Crippen LogP contribution in [0.4, 0.5) is 13.2 Å². The zero-order valence-electron chi connectivity index (χ0n) is 16.9. The molecule has 0 fully saturated rings. The smallest absolute Gasteiger partial charge is 0.345 e. The normalized spacial score (nSPS) is 13.1. The molecule has 1 N–H and O–H groups in total. The molecule has 0 radical (unpaired) electrons. The molecule has 1 aromatic heterocycles. The quantitative estimate of drug-likeness (QED) is 0.634. The molecule has 3 aromatic rings. The molecule has 0 aliphatic heterocycles. The van der Waals surface area contributed by atoms with E-state index >= 15 is 0 Å². The molecule has 2 aromatic carbocycles. The Kier molecular flexibility index (Phi) is 5.95. The van der Waals surface area contributed by atoms with Crippen LogP contribution in [0, 0.1) is 6.92 Å². The van der Waals surface area contributed by atoms with Gasteiger partial charge in [0, 0.05) is 23.1 Å². The van der Waals surface area contributed by atoms with Gasteiger partial charge in [-0.2, -0.15) is 18.3 Å². The maximum absolute atomic E-state index is 13.0. The van der Waals surface area contributed by atoms with Gasteiger partial charge in [0.15, 0.2) is 9.84 Å². The van der Waals surface area contributed by atoms with Gasteiger partial charge in [-0.1, -0.05) is 12.1 Å². The lowest BCUT2D eigenvalue weighted by atomic mass is 10.1. The van der Waals surface area contributed by atoms with E-state index in [0.29, 0.717) is 11.3 Å². The standard InChI is InChI=1S/C21H20F3N3O3S/c1-13(26-20(28)15-6-4-9-18(10-15)31(3,29)30)19-12-25-27(14(19)2)17-8-5-7-16(11-17)21(22,23)24/h4-13H,1-3H3,(H,26,28). The molecule has 0 aliphatic carbocycles. The van der Waals surface area contributed by atoms with Crippen LogP contribution in [0.1, 0.15) is 40.1 Å². The number of rotatable bonds is 5. The molecule has 3 rings (SSSR count). The third-order valence-corrected chi connectivity index (χ3v) is 5.91. The summed E-state index contributed by atoms with van der Waals surface area (Å²) >= 11 is 0. The number of sulfone groups is 1. The average molecular weight is 451 g/mol. The fourth-order valence-electron chi connectivity index (χ4n) is 3.15. The maximum Gasteiger partial charge on any atom is 0.416 e. The van der Waals surface area contributed by atoms with E-state index in [4.69, 9.17) is 0 Å². The Hall–Kier alpha value is -3.14. The van der Waals surface area contributed by atoms with E-state index in [9.17, 15) is 26.4 Å². The van der Waals surface area contributed by atoms with Crippen molar-refractivity contribution in [2.24, 2.45) is 0 Å². The van der Waals surface area contributed by atoms with E-state index in [-0.39, 0.29) is 16.1 Å². The Morgan fingerprint density at radius 2 is 1.81 bits per heavy atom. The first kappa shape index (κ1) is 22.5. The second-order valence-electron chi connectivity index (χ2n) is 7.14. The zero-order valence-corrected chi connectivity index (χ0v) is 17.8. The number of carbonyl (C=O) groups excluding carboxylic acids is 1. The van der Waals surface area contributed by atoms with Crippen molar-refractivity contribution in [3.05, 3.63) is 77.1 Å². The summed E-state index contributed by atoms with van der Waals surface area (Å²) in [6, 6.07) is 9.95. The molecule has 1 unspecified atom stereocenters. The van der Waals surface area contributed by atoms with Crippen LogP contribution in [0.2, 0.25) is 0 Å². The van der Waals surface area contributed by atoms with Gasteiger partial charge in [-0.15, -0.1) is 0 Å². The molecule has 6 nitrogen and oxygen atoms in total. The second-order valence-corrected chi connectivity index (χ2v) is 9.16. The number of nitrogens with zero attached hydrogens (tertiary/aromatic N) is 2. The highest BCUT2D eigenvalue weighted by atomic mass is 32.2. The highest BCUT2D eigenvalue weighted by molar-refractivity contribution is 7.90. The number of hydrogen-bond donors (Lipinski definition) is 1. The molecule has 1 atom stereocenters. The number of nitrogens with one attached hydrogen (secondary N) is 1. The highest BCUT2D eigenvalue weighted by Gasteiger charge is 2.30. The molecule has 0 bridgehead atoms. The molecule has 1 amide bonds. The van der Waals surface area contributed by atoms with E-state index in [0.717, 1.165) is 18.4 Å². The molecular weight excluding hydrogens is 431 g/mol. The summed E-state index contributed by atoms with van der Waals surface area (Å²) in [5, 5.41) is 6.94. The SMILES string of the molecule is Cc1c(C(C)NC(=O)c2cccc(S(C)(=O)=O)c2)cnn1-c1cccc(C(F)(F)F)c1. The Bertz CT molecular complexity index is 1230. The van der Waals surface area contributed by atoms with Crippen LogP contribution < -0.4 is 5.32 Å². The lowest BCUT2D eigenvalue weighted by Gasteiger charge is -2.15. The van der Waals surface area contributed by atoms with E-state index in [1.54, 1.807) is 13.8 Å². The van der Waals surface area contributed by atoms with E-state index < -0.39 is 33.5 Å². The van der Waals surface area contributed by atoms with Crippen LogP contribution in [0.15, 0.2) is 59.6 Å². The lowest BCUT2D eigenvalue weighted by Crippen LogP contribution is -2.27. The Labute approximate surface area is 177 Å². The van der Waals surface area contributed by atoms with Gasteiger partial charge < -0.3 is 5.32 Å². The van der Waals surface area contributed by atoms with Crippen molar-refractivity contribution in [3.8, 4) is 5.69 Å². The zero-order chi connectivity index (χ0) is 23.0. The van der Waals surface area contributed by atoms with Crippen molar-refractivity contribution in [1.29, 1.82) is 0 Å². The average Bonchev–Trinajstić information content (AvgIpc) is 3.08. The van der Waals surface area contributed by atoms with E-state index in [1.165, 1.54) is 47.3 Å². The van der Waals surface area contributed by atoms with Crippen LogP contribution in [-0.2, 0) is 16.0 Å². The predicted molar refractivity (Wildman–Crippen MR) is 109 cm³/mol. The molecule has 0 saturated carbocycles. The lowest BCUT2D eigenvalue weighted by molar-refractivity contribution is -0.137. The number of halogens is 3. The number of alkyl halides is 3. The molecule has 31 heavy (non-hydrogen) atoms. The Morgan fingerprint density at radius 1 is 1.13 bits per heavy atom. The molecular formula is C21H20F3N3O3S. The van der Waals surface area contributed by atoms with Crippen molar-refractivity contribution >= 4 is 15.7 Å². The first-order valence-electron chi connectivity index (χ1n) is 9.21. The van der Waals surface area contributed by atoms with Gasteiger partial charge in [-0.3, -0.25) is 4.79 Å². The summed E-state index contributed by atoms with van der Waals surface area (Å²) in [7, 11) is -3.46. The van der Waals surface area contributed by atoms with Gasteiger partial charge in [0.2, 0.25) is 0 Å². The number of aromatic nitrogens is 2. The Balaban J connectivity index is 1.84. The summed E-state index contributed by atoms with van der Waals surface area (Å²) in [6.45, 7) is 3.40. The van der Waals surface area contributed by atoms with Crippen LogP contribution in [0.3, 0.4) is 0 Å². The van der Waals surface area contributed by atoms with Gasteiger partial charge in [0.1, 0.15) is 0 Å². The minimum atomic E-state index is -4.47. The van der Waals surface area contributed by atoms with Gasteiger partial charge in [0.05, 0.1) is 28.4 Å². The first-order valence-corrected chi connectivity index (χ1v) is 11.1. The van der Waals surface area contributed by atoms with Crippen LogP contribution in [-0.4, -0.2) is 30.4 Å². The van der Waals surface area contributed by atoms with Crippen molar-refractivity contribution in [3.63, 3.8) is 0 Å². The third kappa shape index (κ3) is 4.96. The van der Waals surface area contributed by atoms with E-state index in [2.05, 4.69) is 10.4 Å². The van der Waals surface area contributed by atoms with Crippen molar-refractivity contribution in [1.82, 2.24) is 15.1 Å². The second kappa shape index (κ2) is 8.18.